The molecule has 0 amide bonds. The van der Waals surface area contributed by atoms with Gasteiger partial charge < -0.3 is 5.11 Å². The van der Waals surface area contributed by atoms with Gasteiger partial charge in [0.1, 0.15) is 11.6 Å². The van der Waals surface area contributed by atoms with Gasteiger partial charge in [-0.05, 0) is 70.0 Å². The molecule has 0 aliphatic rings. The normalized spacial score (nSPS) is 11.9. The topological polar surface area (TPSA) is 50.9 Å². The van der Waals surface area contributed by atoms with Crippen LogP contribution in [0.2, 0.25) is 0 Å². The van der Waals surface area contributed by atoms with Crippen LogP contribution >= 0.6 is 0 Å². The number of para-hydroxylation sites is 2. The fourth-order valence-corrected chi connectivity index (χ4v) is 7.40. The number of nitrogens with zero attached hydrogens (tertiary/aromatic N) is 3. The average Bonchev–Trinajstić information content (AvgIpc) is 3.61. The molecule has 6 aromatic carbocycles. The second-order valence-electron chi connectivity index (χ2n) is 14.8. The minimum Gasteiger partial charge on any atom is -0.507 e. The molecular weight excluding hydrogens is 854 g/mol. The van der Waals surface area contributed by atoms with Crippen LogP contribution in [0, 0.1) is 6.07 Å². The van der Waals surface area contributed by atoms with E-state index in [0.717, 1.165) is 61.4 Å². The molecule has 0 saturated heterocycles. The van der Waals surface area contributed by atoms with Crippen molar-refractivity contribution >= 4 is 11.0 Å². The van der Waals surface area contributed by atoms with E-state index < -0.39 is 0 Å². The van der Waals surface area contributed by atoms with Gasteiger partial charge in [-0.2, -0.15) is 0 Å². The summed E-state index contributed by atoms with van der Waals surface area (Å²) in [5.41, 5.74) is 14.0. The summed E-state index contributed by atoms with van der Waals surface area (Å²) in [5.74, 6) is 1.69. The van der Waals surface area contributed by atoms with Crippen LogP contribution in [-0.4, -0.2) is 19.6 Å². The van der Waals surface area contributed by atoms with Gasteiger partial charge in [0.2, 0.25) is 0 Å². The largest absolute Gasteiger partial charge is 0.507 e. The predicted octanol–water partition coefficient (Wildman–Crippen LogP) is 13.0. The molecule has 276 valence electrons. The molecule has 1 N–H and O–H groups in total. The van der Waals surface area contributed by atoms with Crippen molar-refractivity contribution in [2.45, 2.75) is 52.4 Å². The molecule has 4 nitrogen and oxygen atoms in total. The van der Waals surface area contributed by atoms with E-state index in [1.807, 2.05) is 42.6 Å². The minimum atomic E-state index is 0. The first kappa shape index (κ1) is 37.7. The van der Waals surface area contributed by atoms with Crippen LogP contribution in [0.25, 0.3) is 61.6 Å². The van der Waals surface area contributed by atoms with Crippen molar-refractivity contribution in [3.8, 4) is 56.3 Å². The van der Waals surface area contributed by atoms with Crippen molar-refractivity contribution < 1.29 is 26.2 Å². The third kappa shape index (κ3) is 7.44. The van der Waals surface area contributed by atoms with Crippen molar-refractivity contribution in [3.63, 3.8) is 0 Å². The Bertz CT molecular complexity index is 2560. The van der Waals surface area contributed by atoms with Crippen molar-refractivity contribution in [1.29, 1.82) is 0 Å². The summed E-state index contributed by atoms with van der Waals surface area (Å²) in [5, 5.41) is 11.9. The van der Waals surface area contributed by atoms with Crippen LogP contribution < -0.4 is 0 Å². The van der Waals surface area contributed by atoms with Crippen LogP contribution in [0.15, 0.2) is 152 Å². The fraction of sp³-hybridized carbons (Fsp3) is 0.160. The Kier molecular flexibility index (Phi) is 11.0. The Morgan fingerprint density at radius 1 is 0.582 bits per heavy atom. The first-order valence-corrected chi connectivity index (χ1v) is 18.8. The Morgan fingerprint density at radius 3 is 1.93 bits per heavy atom. The van der Waals surface area contributed by atoms with E-state index in [1.165, 1.54) is 16.7 Å². The average molecular weight is 898 g/mol. The van der Waals surface area contributed by atoms with E-state index in [-0.39, 0.29) is 44.6 Å². The number of phenolic OH excluding ortho intramolecular Hbond substituents is 1. The Balaban J connectivity index is 0.00000465. The quantitative estimate of drug-likeness (QED) is 0.147. The van der Waals surface area contributed by atoms with Crippen LogP contribution in [-0.2, 0) is 21.1 Å². The van der Waals surface area contributed by atoms with E-state index in [2.05, 4.69) is 154 Å². The van der Waals surface area contributed by atoms with Gasteiger partial charge in [-0.25, -0.2) is 4.98 Å². The van der Waals surface area contributed by atoms with Crippen molar-refractivity contribution in [1.82, 2.24) is 14.5 Å². The zero-order valence-electron chi connectivity index (χ0n) is 31.8. The molecule has 0 radical (unpaired) electrons. The van der Waals surface area contributed by atoms with Gasteiger partial charge in [-0.3, -0.25) is 9.55 Å². The Labute approximate surface area is 338 Å². The number of benzene rings is 6. The number of aromatic hydroxyl groups is 1. The number of fused-ring (bicyclic) bond motifs is 1. The first-order chi connectivity index (χ1) is 26.3. The number of imidazole rings is 1. The molecule has 1 atom stereocenters. The summed E-state index contributed by atoms with van der Waals surface area (Å²) >= 11 is 0. The second kappa shape index (κ2) is 16.0. The van der Waals surface area contributed by atoms with Gasteiger partial charge in [0.05, 0.1) is 16.6 Å². The molecule has 55 heavy (non-hydrogen) atoms. The van der Waals surface area contributed by atoms with Crippen molar-refractivity contribution in [3.05, 3.63) is 180 Å². The van der Waals surface area contributed by atoms with Crippen LogP contribution in [0.1, 0.15) is 74.6 Å². The van der Waals surface area contributed by atoms with Gasteiger partial charge in [-0.15, -0.1) is 23.8 Å². The van der Waals surface area contributed by atoms with Gasteiger partial charge in [0.25, 0.3) is 0 Å². The summed E-state index contributed by atoms with van der Waals surface area (Å²) in [7, 11) is 0. The number of hydrogen-bond acceptors (Lipinski definition) is 3. The minimum absolute atomic E-state index is 0. The van der Waals surface area contributed by atoms with Gasteiger partial charge in [0, 0.05) is 44.6 Å². The van der Waals surface area contributed by atoms with E-state index in [0.29, 0.717) is 5.82 Å². The fourth-order valence-electron chi connectivity index (χ4n) is 7.40. The third-order valence-electron chi connectivity index (χ3n) is 10.5. The molecule has 2 heterocycles. The Hall–Kier alpha value is -5.57. The maximum Gasteiger partial charge on any atom is 0.148 e. The maximum atomic E-state index is 11.9. The number of rotatable bonds is 9. The third-order valence-corrected chi connectivity index (χ3v) is 10.5. The van der Waals surface area contributed by atoms with Crippen LogP contribution in [0.4, 0.5) is 0 Å². The van der Waals surface area contributed by atoms with Crippen molar-refractivity contribution in [2.75, 3.05) is 0 Å². The molecule has 8 aromatic rings. The summed E-state index contributed by atoms with van der Waals surface area (Å²) in [6.45, 7) is 10.9. The summed E-state index contributed by atoms with van der Waals surface area (Å²) in [6.07, 6.45) is 1.83. The summed E-state index contributed by atoms with van der Waals surface area (Å²) < 4.78 is 2.18. The number of aromatic nitrogens is 3. The molecule has 0 fully saturated rings. The molecular formula is C50H44N3OPt-. The monoisotopic (exact) mass is 897 g/mol. The molecule has 0 aliphatic heterocycles. The zero-order chi connectivity index (χ0) is 37.3. The first-order valence-electron chi connectivity index (χ1n) is 18.8. The molecule has 1 unspecified atom stereocenters. The van der Waals surface area contributed by atoms with E-state index in [9.17, 15) is 5.11 Å². The smallest absolute Gasteiger partial charge is 0.148 e. The molecule has 0 saturated carbocycles. The van der Waals surface area contributed by atoms with Crippen LogP contribution in [0.3, 0.4) is 0 Å². The molecule has 0 spiro atoms. The second-order valence-corrected chi connectivity index (χ2v) is 14.8. The molecule has 0 aliphatic carbocycles. The van der Waals surface area contributed by atoms with E-state index in [4.69, 9.17) is 9.97 Å². The zero-order valence-corrected chi connectivity index (χ0v) is 34.0. The molecule has 2 aromatic heterocycles. The van der Waals surface area contributed by atoms with Crippen molar-refractivity contribution in [2.24, 2.45) is 0 Å². The molecule has 0 bridgehead atoms. The standard InChI is InChI=1S/C50H44N3O.Pt/c1-32(2)38-30-44(33(3)4)49(54)45(31-38)50-52-48-43(19-14-21-47(48)53(50)42-17-10-7-11-18-42)40-27-39(28-41(29-40)46-20-12-13-26-51-46)37-24-22-36(23-25-37)34(5)35-15-8-6-9-16-35;/h6-28,30-34,54H,1-5H3;/q-1;. The maximum absolute atomic E-state index is 11.9. The van der Waals surface area contributed by atoms with Gasteiger partial charge in [0.15, 0.2) is 0 Å². The number of pyridine rings is 1. The number of phenols is 1. The summed E-state index contributed by atoms with van der Waals surface area (Å²) in [4.78, 5) is 10.2. The van der Waals surface area contributed by atoms with Gasteiger partial charge in [-0.1, -0.05) is 154 Å². The molecule has 5 heteroatoms. The predicted molar refractivity (Wildman–Crippen MR) is 223 cm³/mol. The van der Waals surface area contributed by atoms with E-state index in [1.54, 1.807) is 0 Å². The summed E-state index contributed by atoms with van der Waals surface area (Å²) in [6, 6.07) is 54.5. The number of hydrogen-bond donors (Lipinski definition) is 1. The SMILES string of the molecule is CC(C)c1cc(-c2nc3c(-c4[c-]c(-c5ccccn5)cc(-c5ccc(C(C)c6ccccc6)cc5)c4)cccc3n2-c2ccccc2)c(O)c(C(C)C)c1.[Pt]. The van der Waals surface area contributed by atoms with E-state index >= 15 is 0 Å². The Morgan fingerprint density at radius 2 is 1.25 bits per heavy atom. The van der Waals surface area contributed by atoms with Crippen LogP contribution in [0.5, 0.6) is 5.75 Å². The molecule has 8 rings (SSSR count). The van der Waals surface area contributed by atoms with Gasteiger partial charge >= 0.3 is 0 Å².